The van der Waals surface area contributed by atoms with Gasteiger partial charge in [0.25, 0.3) is 0 Å². The molecule has 0 heterocycles. The first-order valence-electron chi connectivity index (χ1n) is 14.3. The molecule has 2 aliphatic carbocycles. The number of para-hydroxylation sites is 2. The van der Waals surface area contributed by atoms with Gasteiger partial charge in [-0.25, -0.2) is 0 Å². The average Bonchev–Trinajstić information content (AvgIpc) is 3.34. The summed E-state index contributed by atoms with van der Waals surface area (Å²) in [7, 11) is 0. The number of aliphatic imine (C=N–C) groups is 2. The second kappa shape index (κ2) is 10.5. The van der Waals surface area contributed by atoms with Crippen LogP contribution in [-0.2, 0) is 31.9 Å². The standard InChI is InChI=1S/C38H32N2O2.Pt/c1-37(2)29-13-7-5-11-25(29)27-19-35(41)23(17-31(27)37)21-39-33-15-9-10-16-34(33)40-22-24-18-32-28(20-36(24)42)26-12-6-8-14-30(26)38(32,3)4;/h5-22,41-42H,1-4H3;. The van der Waals surface area contributed by atoms with Crippen molar-refractivity contribution in [3.05, 3.63) is 130 Å². The van der Waals surface area contributed by atoms with Gasteiger partial charge in [0.2, 0.25) is 0 Å². The van der Waals surface area contributed by atoms with Gasteiger partial charge in [0, 0.05) is 55.5 Å². The molecule has 216 valence electrons. The van der Waals surface area contributed by atoms with Gasteiger partial charge < -0.3 is 10.2 Å². The minimum atomic E-state index is -0.168. The molecule has 0 radical (unpaired) electrons. The Labute approximate surface area is 266 Å². The Morgan fingerprint density at radius 3 is 1.28 bits per heavy atom. The Morgan fingerprint density at radius 1 is 0.488 bits per heavy atom. The molecule has 0 aromatic heterocycles. The molecule has 2 aliphatic rings. The number of hydrogen-bond acceptors (Lipinski definition) is 4. The van der Waals surface area contributed by atoms with Gasteiger partial charge in [-0.3, -0.25) is 9.98 Å². The molecule has 5 aromatic carbocycles. The van der Waals surface area contributed by atoms with E-state index in [1.807, 2.05) is 60.7 Å². The van der Waals surface area contributed by atoms with Crippen LogP contribution in [-0.4, -0.2) is 22.6 Å². The van der Waals surface area contributed by atoms with E-state index in [9.17, 15) is 10.2 Å². The van der Waals surface area contributed by atoms with E-state index in [1.165, 1.54) is 22.3 Å². The molecule has 0 bridgehead atoms. The molecule has 0 saturated heterocycles. The van der Waals surface area contributed by atoms with E-state index in [2.05, 4.69) is 64.1 Å². The minimum absolute atomic E-state index is 0. The van der Waals surface area contributed by atoms with Gasteiger partial charge >= 0.3 is 0 Å². The summed E-state index contributed by atoms with van der Waals surface area (Å²) < 4.78 is 0. The molecule has 5 heteroatoms. The largest absolute Gasteiger partial charge is 0.507 e. The molecule has 43 heavy (non-hydrogen) atoms. The van der Waals surface area contributed by atoms with Crippen LogP contribution in [0.25, 0.3) is 22.3 Å². The summed E-state index contributed by atoms with van der Waals surface area (Å²) in [5, 5.41) is 21.9. The van der Waals surface area contributed by atoms with E-state index in [4.69, 9.17) is 9.98 Å². The smallest absolute Gasteiger partial charge is 0.124 e. The average molecular weight is 744 g/mol. The van der Waals surface area contributed by atoms with Crippen molar-refractivity contribution in [2.45, 2.75) is 38.5 Å². The molecule has 2 N–H and O–H groups in total. The summed E-state index contributed by atoms with van der Waals surface area (Å²) in [5.41, 5.74) is 11.6. The van der Waals surface area contributed by atoms with Crippen LogP contribution in [0.4, 0.5) is 11.4 Å². The second-order valence-electron chi connectivity index (χ2n) is 12.3. The summed E-state index contributed by atoms with van der Waals surface area (Å²) in [4.78, 5) is 9.48. The topological polar surface area (TPSA) is 65.2 Å². The molecule has 5 aromatic rings. The first kappa shape index (κ1) is 28.8. The van der Waals surface area contributed by atoms with Crippen molar-refractivity contribution in [2.75, 3.05) is 0 Å². The van der Waals surface area contributed by atoms with Crippen molar-refractivity contribution in [2.24, 2.45) is 9.98 Å². The summed E-state index contributed by atoms with van der Waals surface area (Å²) in [6, 6.07) is 32.2. The van der Waals surface area contributed by atoms with Crippen LogP contribution in [0.15, 0.2) is 107 Å². The van der Waals surface area contributed by atoms with Crippen LogP contribution in [0.5, 0.6) is 11.5 Å². The predicted molar refractivity (Wildman–Crippen MR) is 172 cm³/mol. The SMILES string of the molecule is CC1(C)c2ccccc2-c2cc(O)c(C=Nc3ccccc3N=Cc3cc4c(cc3O)-c3ccccc3C4(C)C)cc21.[Pt]. The van der Waals surface area contributed by atoms with E-state index in [-0.39, 0.29) is 43.4 Å². The number of rotatable bonds is 4. The summed E-state index contributed by atoms with van der Waals surface area (Å²) in [6.45, 7) is 8.86. The molecule has 0 unspecified atom stereocenters. The van der Waals surface area contributed by atoms with Crippen molar-refractivity contribution >= 4 is 23.8 Å². The van der Waals surface area contributed by atoms with Gasteiger partial charge in [0.1, 0.15) is 11.5 Å². The Kier molecular flexibility index (Phi) is 7.02. The Morgan fingerprint density at radius 2 is 0.860 bits per heavy atom. The van der Waals surface area contributed by atoms with Gasteiger partial charge in [-0.2, -0.15) is 0 Å². The molecular weight excluding hydrogens is 712 g/mol. The maximum Gasteiger partial charge on any atom is 0.124 e. The van der Waals surface area contributed by atoms with Gasteiger partial charge in [0.05, 0.1) is 11.4 Å². The number of nitrogens with zero attached hydrogens (tertiary/aromatic N) is 2. The van der Waals surface area contributed by atoms with Crippen LogP contribution in [0, 0.1) is 0 Å². The van der Waals surface area contributed by atoms with Gasteiger partial charge in [-0.15, -0.1) is 0 Å². The Bertz CT molecular complexity index is 1830. The van der Waals surface area contributed by atoms with Crippen molar-refractivity contribution in [3.8, 4) is 33.8 Å². The predicted octanol–water partition coefficient (Wildman–Crippen LogP) is 9.21. The number of phenolic OH excluding ortho intramolecular Hbond substituents is 2. The fourth-order valence-electron chi connectivity index (χ4n) is 6.67. The number of hydrogen-bond donors (Lipinski definition) is 2. The van der Waals surface area contributed by atoms with Crippen LogP contribution < -0.4 is 0 Å². The van der Waals surface area contributed by atoms with E-state index >= 15 is 0 Å². The zero-order chi connectivity index (χ0) is 29.2. The van der Waals surface area contributed by atoms with Gasteiger partial charge in [-0.1, -0.05) is 88.4 Å². The fourth-order valence-corrected chi connectivity index (χ4v) is 6.67. The first-order valence-corrected chi connectivity index (χ1v) is 14.3. The Balaban J connectivity index is 0.00000329. The molecule has 0 saturated carbocycles. The molecule has 0 amide bonds. The van der Waals surface area contributed by atoms with Crippen molar-refractivity contribution in [1.29, 1.82) is 0 Å². The third-order valence-electron chi connectivity index (χ3n) is 9.03. The molecule has 7 rings (SSSR count). The van der Waals surface area contributed by atoms with Crippen LogP contribution in [0.3, 0.4) is 0 Å². The fraction of sp³-hybridized carbons (Fsp3) is 0.158. The summed E-state index contributed by atoms with van der Waals surface area (Å²) in [5.74, 6) is 0.385. The normalized spacial score (nSPS) is 15.2. The minimum Gasteiger partial charge on any atom is -0.507 e. The molecule has 4 nitrogen and oxygen atoms in total. The second-order valence-corrected chi connectivity index (χ2v) is 12.3. The summed E-state index contributed by atoms with van der Waals surface area (Å²) in [6.07, 6.45) is 3.41. The zero-order valence-electron chi connectivity index (χ0n) is 24.5. The molecule has 0 spiro atoms. The van der Waals surface area contributed by atoms with Crippen molar-refractivity contribution in [3.63, 3.8) is 0 Å². The van der Waals surface area contributed by atoms with Crippen molar-refractivity contribution in [1.82, 2.24) is 0 Å². The van der Waals surface area contributed by atoms with E-state index in [0.29, 0.717) is 22.5 Å². The van der Waals surface area contributed by atoms with Crippen LogP contribution in [0.2, 0.25) is 0 Å². The van der Waals surface area contributed by atoms with Crippen LogP contribution in [0.1, 0.15) is 61.1 Å². The van der Waals surface area contributed by atoms with E-state index in [0.717, 1.165) is 22.3 Å². The quantitative estimate of drug-likeness (QED) is 0.181. The van der Waals surface area contributed by atoms with E-state index in [1.54, 1.807) is 12.4 Å². The third kappa shape index (κ3) is 4.56. The zero-order valence-corrected chi connectivity index (χ0v) is 26.8. The third-order valence-corrected chi connectivity index (χ3v) is 9.03. The van der Waals surface area contributed by atoms with Gasteiger partial charge in [0.15, 0.2) is 0 Å². The molecule has 0 aliphatic heterocycles. The number of aromatic hydroxyl groups is 2. The molecule has 0 fully saturated rings. The molecule has 0 atom stereocenters. The van der Waals surface area contributed by atoms with Gasteiger partial charge in [-0.05, 0) is 80.9 Å². The number of benzene rings is 5. The van der Waals surface area contributed by atoms with Crippen LogP contribution >= 0.6 is 0 Å². The van der Waals surface area contributed by atoms with E-state index < -0.39 is 0 Å². The summed E-state index contributed by atoms with van der Waals surface area (Å²) >= 11 is 0. The maximum absolute atomic E-state index is 10.9. The number of phenols is 2. The first-order chi connectivity index (χ1) is 20.2. The monoisotopic (exact) mass is 743 g/mol. The number of fused-ring (bicyclic) bond motifs is 6. The van der Waals surface area contributed by atoms with Crippen molar-refractivity contribution < 1.29 is 31.3 Å². The maximum atomic E-state index is 10.9. The Hall–Kier alpha value is -4.27. The molecular formula is C38H32N2O2Pt.